The minimum Gasteiger partial charge on any atom is -0.134 e. The predicted molar refractivity (Wildman–Crippen MR) is 81.8 cm³/mol. The van der Waals surface area contributed by atoms with Gasteiger partial charge in [-0.25, -0.2) is 0 Å². The zero-order valence-corrected chi connectivity index (χ0v) is 11.1. The average Bonchev–Trinajstić information content (AvgIpc) is 2.79. The van der Waals surface area contributed by atoms with Crippen molar-refractivity contribution in [1.29, 1.82) is 0 Å². The zero-order chi connectivity index (χ0) is 12.1. The minimum atomic E-state index is 0.845. The van der Waals surface area contributed by atoms with Crippen molar-refractivity contribution >= 4 is 53.9 Å². The molecule has 0 N–H and O–H groups in total. The quantitative estimate of drug-likeness (QED) is 0.375. The van der Waals surface area contributed by atoms with Crippen LogP contribution in [0.1, 0.15) is 0 Å². The standard InChI is InChI=1S/C16H9ClS/c17-13-7-3-6-12-15-11-5-2-1-4-10(11)8-9-14(15)18-16(12)13/h1-9H. The summed E-state index contributed by atoms with van der Waals surface area (Å²) in [6.07, 6.45) is 0. The number of benzene rings is 3. The Hall–Kier alpha value is -1.57. The van der Waals surface area contributed by atoms with Gasteiger partial charge < -0.3 is 0 Å². The maximum absolute atomic E-state index is 6.29. The lowest BCUT2D eigenvalue weighted by Crippen LogP contribution is -1.73. The number of rotatable bonds is 0. The summed E-state index contributed by atoms with van der Waals surface area (Å²) in [6.45, 7) is 0. The van der Waals surface area contributed by atoms with E-state index in [1.807, 2.05) is 12.1 Å². The Labute approximate surface area is 113 Å². The fourth-order valence-corrected chi connectivity index (χ4v) is 3.95. The number of thiophene rings is 1. The van der Waals surface area contributed by atoms with Crippen LogP contribution >= 0.6 is 22.9 Å². The van der Waals surface area contributed by atoms with E-state index in [2.05, 4.69) is 42.5 Å². The van der Waals surface area contributed by atoms with Crippen LogP contribution in [0.2, 0.25) is 5.02 Å². The number of hydrogen-bond acceptors (Lipinski definition) is 1. The van der Waals surface area contributed by atoms with E-state index in [1.165, 1.54) is 30.9 Å². The molecule has 4 rings (SSSR count). The van der Waals surface area contributed by atoms with E-state index >= 15 is 0 Å². The predicted octanol–water partition coefficient (Wildman–Crippen LogP) is 5.86. The molecule has 86 valence electrons. The monoisotopic (exact) mass is 268 g/mol. The van der Waals surface area contributed by atoms with Gasteiger partial charge in [0, 0.05) is 15.5 Å². The van der Waals surface area contributed by atoms with E-state index in [0.717, 1.165) is 5.02 Å². The Balaban J connectivity index is 2.37. The highest BCUT2D eigenvalue weighted by molar-refractivity contribution is 7.26. The van der Waals surface area contributed by atoms with Gasteiger partial charge in [-0.15, -0.1) is 11.3 Å². The van der Waals surface area contributed by atoms with Gasteiger partial charge in [0.15, 0.2) is 0 Å². The molecule has 18 heavy (non-hydrogen) atoms. The zero-order valence-electron chi connectivity index (χ0n) is 9.48. The van der Waals surface area contributed by atoms with Gasteiger partial charge in [0.05, 0.1) is 9.72 Å². The van der Waals surface area contributed by atoms with Gasteiger partial charge in [0.25, 0.3) is 0 Å². The molecule has 0 fully saturated rings. The SMILES string of the molecule is Clc1cccc2c1sc1ccc3ccccc3c12. The Kier molecular flexibility index (Phi) is 2.14. The smallest absolute Gasteiger partial charge is 0.0584 e. The molecular weight excluding hydrogens is 260 g/mol. The first-order chi connectivity index (χ1) is 8.84. The molecule has 0 nitrogen and oxygen atoms in total. The van der Waals surface area contributed by atoms with Crippen molar-refractivity contribution < 1.29 is 0 Å². The molecule has 0 amide bonds. The second-order valence-electron chi connectivity index (χ2n) is 4.38. The normalized spacial score (nSPS) is 11.6. The molecule has 0 radical (unpaired) electrons. The third-order valence-electron chi connectivity index (χ3n) is 3.34. The minimum absolute atomic E-state index is 0.845. The molecule has 0 saturated carbocycles. The van der Waals surface area contributed by atoms with Crippen molar-refractivity contribution in [2.24, 2.45) is 0 Å². The largest absolute Gasteiger partial charge is 0.134 e. The van der Waals surface area contributed by atoms with E-state index in [1.54, 1.807) is 11.3 Å². The highest BCUT2D eigenvalue weighted by Gasteiger charge is 2.09. The van der Waals surface area contributed by atoms with Crippen LogP contribution in [0.25, 0.3) is 30.9 Å². The second kappa shape index (κ2) is 3.71. The first kappa shape index (κ1) is 10.4. The summed E-state index contributed by atoms with van der Waals surface area (Å²) in [5.74, 6) is 0. The van der Waals surface area contributed by atoms with Gasteiger partial charge in [-0.3, -0.25) is 0 Å². The molecular formula is C16H9ClS. The summed E-state index contributed by atoms with van der Waals surface area (Å²) in [6, 6.07) is 19.0. The summed E-state index contributed by atoms with van der Waals surface area (Å²) < 4.78 is 2.49. The third-order valence-corrected chi connectivity index (χ3v) is 4.97. The van der Waals surface area contributed by atoms with Gasteiger partial charge in [0.1, 0.15) is 0 Å². The second-order valence-corrected chi connectivity index (χ2v) is 5.84. The van der Waals surface area contributed by atoms with Crippen LogP contribution < -0.4 is 0 Å². The van der Waals surface area contributed by atoms with Crippen molar-refractivity contribution in [3.05, 3.63) is 59.6 Å². The maximum atomic E-state index is 6.29. The van der Waals surface area contributed by atoms with E-state index in [-0.39, 0.29) is 0 Å². The van der Waals surface area contributed by atoms with Crippen LogP contribution in [0.5, 0.6) is 0 Å². The van der Waals surface area contributed by atoms with Crippen LogP contribution in [0.4, 0.5) is 0 Å². The molecule has 0 aliphatic rings. The summed E-state index contributed by atoms with van der Waals surface area (Å²) in [7, 11) is 0. The number of hydrogen-bond donors (Lipinski definition) is 0. The third kappa shape index (κ3) is 1.32. The van der Waals surface area contributed by atoms with E-state index in [4.69, 9.17) is 11.6 Å². The topological polar surface area (TPSA) is 0 Å². The average molecular weight is 269 g/mol. The van der Waals surface area contributed by atoms with Crippen LogP contribution in [-0.4, -0.2) is 0 Å². The van der Waals surface area contributed by atoms with Crippen LogP contribution in [0, 0.1) is 0 Å². The van der Waals surface area contributed by atoms with Crippen molar-refractivity contribution in [3.63, 3.8) is 0 Å². The Morgan fingerprint density at radius 2 is 1.61 bits per heavy atom. The lowest BCUT2D eigenvalue weighted by atomic mass is 10.0. The molecule has 0 unspecified atom stereocenters. The Morgan fingerprint density at radius 3 is 2.56 bits per heavy atom. The first-order valence-corrected chi connectivity index (χ1v) is 7.02. The van der Waals surface area contributed by atoms with Gasteiger partial charge >= 0.3 is 0 Å². The molecule has 0 aliphatic heterocycles. The maximum Gasteiger partial charge on any atom is 0.0584 e. The summed E-state index contributed by atoms with van der Waals surface area (Å²) in [5, 5.41) is 6.03. The molecule has 0 spiro atoms. The molecule has 0 saturated heterocycles. The molecule has 3 aromatic carbocycles. The van der Waals surface area contributed by atoms with Crippen LogP contribution in [0.3, 0.4) is 0 Å². The molecule has 1 heterocycles. The molecule has 0 bridgehead atoms. The van der Waals surface area contributed by atoms with Crippen LogP contribution in [0.15, 0.2) is 54.6 Å². The summed E-state index contributed by atoms with van der Waals surface area (Å²) >= 11 is 8.06. The number of halogens is 1. The van der Waals surface area contributed by atoms with E-state index < -0.39 is 0 Å². The van der Waals surface area contributed by atoms with Crippen LogP contribution in [-0.2, 0) is 0 Å². The molecule has 0 atom stereocenters. The summed E-state index contributed by atoms with van der Waals surface area (Å²) in [4.78, 5) is 0. The van der Waals surface area contributed by atoms with Gasteiger partial charge in [-0.1, -0.05) is 54.1 Å². The molecule has 2 heteroatoms. The van der Waals surface area contributed by atoms with E-state index in [9.17, 15) is 0 Å². The first-order valence-electron chi connectivity index (χ1n) is 5.83. The highest BCUT2D eigenvalue weighted by atomic mass is 35.5. The van der Waals surface area contributed by atoms with Crippen molar-refractivity contribution in [1.82, 2.24) is 0 Å². The van der Waals surface area contributed by atoms with Crippen molar-refractivity contribution in [2.75, 3.05) is 0 Å². The Morgan fingerprint density at radius 1 is 0.778 bits per heavy atom. The molecule has 4 aromatic rings. The van der Waals surface area contributed by atoms with E-state index in [0.29, 0.717) is 0 Å². The van der Waals surface area contributed by atoms with Crippen molar-refractivity contribution in [2.45, 2.75) is 0 Å². The fourth-order valence-electron chi connectivity index (χ4n) is 2.53. The van der Waals surface area contributed by atoms with Gasteiger partial charge in [-0.2, -0.15) is 0 Å². The van der Waals surface area contributed by atoms with Crippen molar-refractivity contribution in [3.8, 4) is 0 Å². The fraction of sp³-hybridized carbons (Fsp3) is 0. The molecule has 0 aliphatic carbocycles. The number of fused-ring (bicyclic) bond motifs is 5. The van der Waals surface area contributed by atoms with Gasteiger partial charge in [0.2, 0.25) is 0 Å². The highest BCUT2D eigenvalue weighted by Crippen LogP contribution is 2.40. The lowest BCUT2D eigenvalue weighted by molar-refractivity contribution is 1.81. The van der Waals surface area contributed by atoms with Gasteiger partial charge in [-0.05, 0) is 22.9 Å². The Bertz CT molecular complexity index is 889. The summed E-state index contributed by atoms with van der Waals surface area (Å²) in [5.41, 5.74) is 0. The lowest BCUT2D eigenvalue weighted by Gasteiger charge is -1.99. The molecule has 1 aromatic heterocycles.